The predicted molar refractivity (Wildman–Crippen MR) is 69.7 cm³/mol. The minimum atomic E-state index is -4.54. The number of para-hydroxylation sites is 1. The molecule has 0 bridgehead atoms. The summed E-state index contributed by atoms with van der Waals surface area (Å²) in [6.07, 6.45) is 0.377. The Kier molecular flexibility index (Phi) is 5.33. The fourth-order valence-electron chi connectivity index (χ4n) is 1.66. The summed E-state index contributed by atoms with van der Waals surface area (Å²) < 4.78 is 39.4. The second-order valence-electron chi connectivity index (χ2n) is 4.14. The molecule has 0 aliphatic rings. The minimum Gasteiger partial charge on any atom is -0.480 e. The monoisotopic (exact) mass is 320 g/mol. The van der Waals surface area contributed by atoms with Crippen molar-refractivity contribution in [2.45, 2.75) is 30.7 Å². The summed E-state index contributed by atoms with van der Waals surface area (Å²) in [5.74, 6) is -2.73. The van der Waals surface area contributed by atoms with E-state index < -0.39 is 43.4 Å². The maximum Gasteiger partial charge on any atom is 0.324 e. The molecule has 0 unspecified atom stereocenters. The SMILES string of the molecule is CCC[C@@H](NS(=O)(=O)c1cccc(F)c1[N+](=O)[O-])C(=O)O. The quantitative estimate of drug-likeness (QED) is 0.575. The van der Waals surface area contributed by atoms with Crippen LogP contribution >= 0.6 is 0 Å². The number of carbonyl (C=O) groups is 1. The van der Waals surface area contributed by atoms with Crippen LogP contribution in [-0.4, -0.2) is 30.5 Å². The van der Waals surface area contributed by atoms with Crippen LogP contribution in [0.4, 0.5) is 10.1 Å². The predicted octanol–water partition coefficient (Wildman–Crippen LogP) is 1.27. The summed E-state index contributed by atoms with van der Waals surface area (Å²) in [6, 6.07) is 1.14. The van der Waals surface area contributed by atoms with E-state index in [9.17, 15) is 27.7 Å². The number of sulfonamides is 1. The van der Waals surface area contributed by atoms with Crippen molar-refractivity contribution >= 4 is 21.7 Å². The number of halogens is 1. The molecule has 0 saturated carbocycles. The molecular weight excluding hydrogens is 307 g/mol. The van der Waals surface area contributed by atoms with Gasteiger partial charge in [0.25, 0.3) is 0 Å². The second kappa shape index (κ2) is 6.59. The number of carboxylic acid groups (broad SMARTS) is 1. The van der Waals surface area contributed by atoms with E-state index in [1.165, 1.54) is 0 Å². The first-order chi connectivity index (χ1) is 9.70. The van der Waals surface area contributed by atoms with E-state index >= 15 is 0 Å². The largest absolute Gasteiger partial charge is 0.480 e. The van der Waals surface area contributed by atoms with Crippen LogP contribution in [-0.2, 0) is 14.8 Å². The molecule has 0 heterocycles. The van der Waals surface area contributed by atoms with Crippen LogP contribution in [0.25, 0.3) is 0 Å². The molecule has 0 aliphatic carbocycles. The highest BCUT2D eigenvalue weighted by Crippen LogP contribution is 2.26. The van der Waals surface area contributed by atoms with Crippen LogP contribution in [0.2, 0.25) is 0 Å². The zero-order valence-electron chi connectivity index (χ0n) is 10.9. The molecule has 10 heteroatoms. The van der Waals surface area contributed by atoms with Gasteiger partial charge in [-0.1, -0.05) is 19.4 Å². The van der Waals surface area contributed by atoms with Gasteiger partial charge in [0, 0.05) is 0 Å². The number of benzene rings is 1. The van der Waals surface area contributed by atoms with Gasteiger partial charge >= 0.3 is 11.7 Å². The summed E-state index contributed by atoms with van der Waals surface area (Å²) in [6.45, 7) is 1.65. The molecule has 2 N–H and O–H groups in total. The van der Waals surface area contributed by atoms with Crippen molar-refractivity contribution in [2.24, 2.45) is 0 Å². The number of nitrogens with one attached hydrogen (secondary N) is 1. The Morgan fingerprint density at radius 2 is 2.14 bits per heavy atom. The average Bonchev–Trinajstić information content (AvgIpc) is 2.37. The number of nitrogens with zero attached hydrogens (tertiary/aromatic N) is 1. The first kappa shape index (κ1) is 17.0. The van der Waals surface area contributed by atoms with Crippen molar-refractivity contribution in [3.05, 3.63) is 34.1 Å². The third kappa shape index (κ3) is 3.95. The lowest BCUT2D eigenvalue weighted by atomic mass is 10.2. The Labute approximate surface area is 119 Å². The van der Waals surface area contributed by atoms with Gasteiger partial charge in [0.2, 0.25) is 15.8 Å². The summed E-state index contributed by atoms with van der Waals surface area (Å²) in [4.78, 5) is 19.7. The summed E-state index contributed by atoms with van der Waals surface area (Å²) >= 11 is 0. The van der Waals surface area contributed by atoms with Crippen LogP contribution in [0.3, 0.4) is 0 Å². The number of hydrogen-bond donors (Lipinski definition) is 2. The third-order valence-corrected chi connectivity index (χ3v) is 4.10. The lowest BCUT2D eigenvalue weighted by Gasteiger charge is -2.14. The van der Waals surface area contributed by atoms with Crippen LogP contribution < -0.4 is 4.72 Å². The topological polar surface area (TPSA) is 127 Å². The highest BCUT2D eigenvalue weighted by molar-refractivity contribution is 7.89. The molecular formula is C11H13FN2O6S. The number of aliphatic carboxylic acids is 1. The van der Waals surface area contributed by atoms with Crippen molar-refractivity contribution < 1.29 is 27.6 Å². The molecule has 0 radical (unpaired) electrons. The van der Waals surface area contributed by atoms with Gasteiger partial charge < -0.3 is 5.11 Å². The smallest absolute Gasteiger partial charge is 0.324 e. The van der Waals surface area contributed by atoms with Crippen molar-refractivity contribution in [2.75, 3.05) is 0 Å². The van der Waals surface area contributed by atoms with E-state index in [0.717, 1.165) is 18.2 Å². The molecule has 1 atom stereocenters. The molecule has 116 valence electrons. The number of rotatable bonds is 7. The first-order valence-electron chi connectivity index (χ1n) is 5.88. The van der Waals surface area contributed by atoms with E-state index in [-0.39, 0.29) is 6.42 Å². The lowest BCUT2D eigenvalue weighted by molar-refractivity contribution is -0.390. The molecule has 1 aromatic carbocycles. The fourth-order valence-corrected chi connectivity index (χ4v) is 3.07. The van der Waals surface area contributed by atoms with Gasteiger partial charge in [-0.05, 0) is 18.6 Å². The van der Waals surface area contributed by atoms with Gasteiger partial charge in [-0.3, -0.25) is 14.9 Å². The van der Waals surface area contributed by atoms with Crippen molar-refractivity contribution in [1.82, 2.24) is 4.72 Å². The Balaban J connectivity index is 3.29. The van der Waals surface area contributed by atoms with Gasteiger partial charge in [-0.2, -0.15) is 9.11 Å². The Morgan fingerprint density at radius 1 is 1.52 bits per heavy atom. The van der Waals surface area contributed by atoms with Crippen LogP contribution in [0, 0.1) is 15.9 Å². The highest BCUT2D eigenvalue weighted by Gasteiger charge is 2.32. The Hall–Kier alpha value is -2.07. The molecule has 21 heavy (non-hydrogen) atoms. The van der Waals surface area contributed by atoms with Gasteiger partial charge in [0.1, 0.15) is 6.04 Å². The maximum absolute atomic E-state index is 13.4. The zero-order valence-corrected chi connectivity index (χ0v) is 11.8. The molecule has 0 fully saturated rings. The molecule has 0 aromatic heterocycles. The standard InChI is InChI=1S/C11H13FN2O6S/c1-2-4-8(11(15)16)13-21(19,20)9-6-3-5-7(12)10(9)14(17)18/h3,5-6,8,13H,2,4H2,1H3,(H,15,16)/t8-/m1/s1. The van der Waals surface area contributed by atoms with E-state index in [4.69, 9.17) is 5.11 Å². The number of nitro benzene ring substituents is 1. The highest BCUT2D eigenvalue weighted by atomic mass is 32.2. The van der Waals surface area contributed by atoms with Crippen LogP contribution in [0.1, 0.15) is 19.8 Å². The van der Waals surface area contributed by atoms with Crippen molar-refractivity contribution in [3.8, 4) is 0 Å². The second-order valence-corrected chi connectivity index (χ2v) is 5.83. The number of carboxylic acids is 1. The third-order valence-electron chi connectivity index (χ3n) is 2.59. The molecule has 1 aromatic rings. The lowest BCUT2D eigenvalue weighted by Crippen LogP contribution is -2.40. The van der Waals surface area contributed by atoms with Crippen LogP contribution in [0.5, 0.6) is 0 Å². The van der Waals surface area contributed by atoms with E-state index in [1.54, 1.807) is 6.92 Å². The Bertz CT molecular complexity index is 661. The minimum absolute atomic E-state index is 0.00230. The zero-order chi connectivity index (χ0) is 16.2. The molecule has 1 rings (SSSR count). The van der Waals surface area contributed by atoms with Crippen LogP contribution in [0.15, 0.2) is 23.1 Å². The summed E-state index contributed by atoms with van der Waals surface area (Å²) in [5.41, 5.74) is -1.22. The molecule has 0 spiro atoms. The van der Waals surface area contributed by atoms with Gasteiger partial charge in [-0.25, -0.2) is 8.42 Å². The van der Waals surface area contributed by atoms with Gasteiger partial charge in [0.05, 0.1) is 4.92 Å². The molecule has 8 nitrogen and oxygen atoms in total. The van der Waals surface area contributed by atoms with E-state index in [2.05, 4.69) is 0 Å². The van der Waals surface area contributed by atoms with E-state index in [0.29, 0.717) is 6.42 Å². The maximum atomic E-state index is 13.4. The van der Waals surface area contributed by atoms with Crippen molar-refractivity contribution in [1.29, 1.82) is 0 Å². The molecule has 0 amide bonds. The average molecular weight is 320 g/mol. The van der Waals surface area contributed by atoms with Crippen molar-refractivity contribution in [3.63, 3.8) is 0 Å². The number of hydrogen-bond acceptors (Lipinski definition) is 5. The summed E-state index contributed by atoms with van der Waals surface area (Å²) in [7, 11) is -4.54. The normalized spacial score (nSPS) is 12.9. The Morgan fingerprint density at radius 3 is 2.62 bits per heavy atom. The summed E-state index contributed by atoms with van der Waals surface area (Å²) in [5, 5.41) is 19.7. The number of nitro groups is 1. The fraction of sp³-hybridized carbons (Fsp3) is 0.364. The van der Waals surface area contributed by atoms with Gasteiger partial charge in [-0.15, -0.1) is 0 Å². The molecule has 0 saturated heterocycles. The van der Waals surface area contributed by atoms with Gasteiger partial charge in [0.15, 0.2) is 4.90 Å². The first-order valence-corrected chi connectivity index (χ1v) is 7.37. The molecule has 0 aliphatic heterocycles. The van der Waals surface area contributed by atoms with E-state index in [1.807, 2.05) is 4.72 Å².